The van der Waals surface area contributed by atoms with E-state index in [4.69, 9.17) is 5.73 Å². The fraction of sp³-hybridized carbons (Fsp3) is 0.571. The molecular weight excluding hydrogens is 226 g/mol. The fourth-order valence-corrected chi connectivity index (χ4v) is 2.41. The molecule has 0 spiro atoms. The Labute approximate surface area is 108 Å². The highest BCUT2D eigenvalue weighted by Gasteiger charge is 2.22. The first-order valence-electron chi connectivity index (χ1n) is 6.70. The number of carbonyl (C=O) groups is 1. The monoisotopic (exact) mass is 247 g/mol. The predicted molar refractivity (Wildman–Crippen MR) is 70.9 cm³/mol. The van der Waals surface area contributed by atoms with Crippen molar-refractivity contribution in [2.75, 3.05) is 0 Å². The normalized spacial score (nSPS) is 23.6. The van der Waals surface area contributed by atoms with E-state index >= 15 is 0 Å². The number of rotatable bonds is 4. The van der Waals surface area contributed by atoms with Crippen LogP contribution in [0.5, 0.6) is 0 Å². The van der Waals surface area contributed by atoms with Crippen LogP contribution in [0.1, 0.15) is 37.8 Å². The van der Waals surface area contributed by atoms with Crippen LogP contribution in [0.15, 0.2) is 24.4 Å². The molecule has 2 atom stereocenters. The molecule has 1 aliphatic carbocycles. The molecule has 0 bridgehead atoms. The standard InChI is InChI=1S/C14H21N3O/c15-12-6-1-2-7-13(12)17-14(18)9-8-11-5-3-4-10-16-11/h3-5,10,12-13H,1-2,6-9,15H2,(H,17,18)/t12-,13-/m1/s1. The molecule has 4 nitrogen and oxygen atoms in total. The van der Waals surface area contributed by atoms with Crippen LogP contribution in [-0.2, 0) is 11.2 Å². The summed E-state index contributed by atoms with van der Waals surface area (Å²) in [6.45, 7) is 0. The molecule has 98 valence electrons. The van der Waals surface area contributed by atoms with Crippen LogP contribution in [0.2, 0.25) is 0 Å². The number of carbonyl (C=O) groups excluding carboxylic acids is 1. The van der Waals surface area contributed by atoms with Crippen molar-refractivity contribution >= 4 is 5.91 Å². The van der Waals surface area contributed by atoms with Crippen LogP contribution < -0.4 is 11.1 Å². The summed E-state index contributed by atoms with van der Waals surface area (Å²) < 4.78 is 0. The Balaban J connectivity index is 1.75. The fourth-order valence-electron chi connectivity index (χ4n) is 2.41. The van der Waals surface area contributed by atoms with Crippen LogP contribution in [0.4, 0.5) is 0 Å². The molecule has 0 saturated heterocycles. The number of nitrogens with zero attached hydrogens (tertiary/aromatic N) is 1. The number of nitrogens with one attached hydrogen (secondary N) is 1. The first-order chi connectivity index (χ1) is 8.75. The predicted octanol–water partition coefficient (Wildman–Crippen LogP) is 1.40. The lowest BCUT2D eigenvalue weighted by molar-refractivity contribution is -0.122. The molecule has 0 radical (unpaired) electrons. The minimum absolute atomic E-state index is 0.0861. The zero-order valence-electron chi connectivity index (χ0n) is 10.6. The Kier molecular flexibility index (Phi) is 4.70. The molecule has 3 N–H and O–H groups in total. The number of nitrogens with two attached hydrogens (primary N) is 1. The average molecular weight is 247 g/mol. The van der Waals surface area contributed by atoms with Gasteiger partial charge in [-0.2, -0.15) is 0 Å². The lowest BCUT2D eigenvalue weighted by Crippen LogP contribution is -2.49. The maximum Gasteiger partial charge on any atom is 0.220 e. The number of hydrogen-bond donors (Lipinski definition) is 2. The Morgan fingerprint density at radius 2 is 2.22 bits per heavy atom. The minimum atomic E-state index is 0.0861. The smallest absolute Gasteiger partial charge is 0.220 e. The van der Waals surface area contributed by atoms with Gasteiger partial charge in [0.15, 0.2) is 0 Å². The van der Waals surface area contributed by atoms with Crippen molar-refractivity contribution < 1.29 is 4.79 Å². The zero-order valence-corrected chi connectivity index (χ0v) is 10.6. The summed E-state index contributed by atoms with van der Waals surface area (Å²) in [6.07, 6.45) is 7.31. The van der Waals surface area contributed by atoms with E-state index in [2.05, 4.69) is 10.3 Å². The van der Waals surface area contributed by atoms with Crippen molar-refractivity contribution in [3.63, 3.8) is 0 Å². The lowest BCUT2D eigenvalue weighted by atomic mass is 9.91. The maximum absolute atomic E-state index is 11.8. The number of aromatic nitrogens is 1. The second kappa shape index (κ2) is 6.50. The second-order valence-electron chi connectivity index (χ2n) is 4.94. The van der Waals surface area contributed by atoms with Crippen molar-refractivity contribution in [2.45, 2.75) is 50.6 Å². The SMILES string of the molecule is N[C@@H]1CCCC[C@H]1NC(=O)CCc1ccccn1. The lowest BCUT2D eigenvalue weighted by Gasteiger charge is -2.29. The molecule has 18 heavy (non-hydrogen) atoms. The summed E-state index contributed by atoms with van der Waals surface area (Å²) in [5, 5.41) is 3.05. The van der Waals surface area contributed by atoms with E-state index in [-0.39, 0.29) is 18.0 Å². The van der Waals surface area contributed by atoms with Crippen LogP contribution in [0, 0.1) is 0 Å². The van der Waals surface area contributed by atoms with Gasteiger partial charge in [0.25, 0.3) is 0 Å². The molecule has 0 aliphatic heterocycles. The first kappa shape index (κ1) is 13.0. The third-order valence-corrected chi connectivity index (χ3v) is 3.50. The van der Waals surface area contributed by atoms with E-state index in [1.807, 2.05) is 18.2 Å². The molecule has 1 fully saturated rings. The van der Waals surface area contributed by atoms with Crippen LogP contribution in [-0.4, -0.2) is 23.0 Å². The average Bonchev–Trinajstić information content (AvgIpc) is 2.40. The Bertz CT molecular complexity index is 380. The van der Waals surface area contributed by atoms with E-state index in [1.54, 1.807) is 6.20 Å². The van der Waals surface area contributed by atoms with Crippen molar-refractivity contribution in [1.82, 2.24) is 10.3 Å². The largest absolute Gasteiger partial charge is 0.352 e. The summed E-state index contributed by atoms with van der Waals surface area (Å²) in [6, 6.07) is 6.05. The second-order valence-corrected chi connectivity index (χ2v) is 4.94. The minimum Gasteiger partial charge on any atom is -0.352 e. The molecule has 0 unspecified atom stereocenters. The van der Waals surface area contributed by atoms with Gasteiger partial charge in [0.05, 0.1) is 0 Å². The summed E-state index contributed by atoms with van der Waals surface area (Å²) in [5.41, 5.74) is 6.97. The highest BCUT2D eigenvalue weighted by atomic mass is 16.1. The van der Waals surface area contributed by atoms with Crippen LogP contribution in [0.3, 0.4) is 0 Å². The number of pyridine rings is 1. The van der Waals surface area contributed by atoms with Gasteiger partial charge in [0, 0.05) is 30.4 Å². The van der Waals surface area contributed by atoms with Gasteiger partial charge in [0.2, 0.25) is 5.91 Å². The van der Waals surface area contributed by atoms with Crippen molar-refractivity contribution in [3.8, 4) is 0 Å². The molecule has 1 aliphatic rings. The van der Waals surface area contributed by atoms with Crippen molar-refractivity contribution in [2.24, 2.45) is 5.73 Å². The molecule has 2 rings (SSSR count). The molecule has 1 aromatic heterocycles. The molecule has 1 aromatic rings. The van der Waals surface area contributed by atoms with E-state index in [9.17, 15) is 4.79 Å². The summed E-state index contributed by atoms with van der Waals surface area (Å²) in [4.78, 5) is 16.0. The van der Waals surface area contributed by atoms with Gasteiger partial charge in [0.1, 0.15) is 0 Å². The summed E-state index contributed by atoms with van der Waals surface area (Å²) in [7, 11) is 0. The Morgan fingerprint density at radius 3 is 2.94 bits per heavy atom. The summed E-state index contributed by atoms with van der Waals surface area (Å²) >= 11 is 0. The molecule has 1 heterocycles. The molecule has 1 amide bonds. The van der Waals surface area contributed by atoms with Gasteiger partial charge in [-0.15, -0.1) is 0 Å². The van der Waals surface area contributed by atoms with E-state index in [0.717, 1.165) is 18.5 Å². The Morgan fingerprint density at radius 1 is 1.39 bits per heavy atom. The number of hydrogen-bond acceptors (Lipinski definition) is 3. The third kappa shape index (κ3) is 3.81. The van der Waals surface area contributed by atoms with Crippen molar-refractivity contribution in [3.05, 3.63) is 30.1 Å². The van der Waals surface area contributed by atoms with E-state index < -0.39 is 0 Å². The number of aryl methyl sites for hydroxylation is 1. The van der Waals surface area contributed by atoms with Gasteiger partial charge in [-0.25, -0.2) is 0 Å². The first-order valence-corrected chi connectivity index (χ1v) is 6.70. The quantitative estimate of drug-likeness (QED) is 0.845. The van der Waals surface area contributed by atoms with E-state index in [0.29, 0.717) is 12.8 Å². The summed E-state index contributed by atoms with van der Waals surface area (Å²) in [5.74, 6) is 0.0861. The molecule has 0 aromatic carbocycles. The highest BCUT2D eigenvalue weighted by molar-refractivity contribution is 5.76. The maximum atomic E-state index is 11.8. The van der Waals surface area contributed by atoms with Gasteiger partial charge in [-0.1, -0.05) is 18.9 Å². The van der Waals surface area contributed by atoms with Crippen LogP contribution >= 0.6 is 0 Å². The third-order valence-electron chi connectivity index (χ3n) is 3.50. The zero-order chi connectivity index (χ0) is 12.8. The highest BCUT2D eigenvalue weighted by Crippen LogP contribution is 2.16. The molecule has 4 heteroatoms. The Hall–Kier alpha value is -1.42. The van der Waals surface area contributed by atoms with Gasteiger partial charge in [-0.05, 0) is 31.4 Å². The molecular formula is C14H21N3O. The topological polar surface area (TPSA) is 68.0 Å². The van der Waals surface area contributed by atoms with Crippen LogP contribution in [0.25, 0.3) is 0 Å². The van der Waals surface area contributed by atoms with Gasteiger partial charge >= 0.3 is 0 Å². The van der Waals surface area contributed by atoms with Crippen molar-refractivity contribution in [1.29, 1.82) is 0 Å². The van der Waals surface area contributed by atoms with Gasteiger partial charge in [-0.3, -0.25) is 9.78 Å². The van der Waals surface area contributed by atoms with E-state index in [1.165, 1.54) is 12.8 Å². The molecule has 1 saturated carbocycles. The van der Waals surface area contributed by atoms with Gasteiger partial charge < -0.3 is 11.1 Å². The number of amides is 1.